The van der Waals surface area contributed by atoms with Gasteiger partial charge in [0, 0.05) is 11.4 Å². The molecular formula is C15H17N3O. The molecule has 4 nitrogen and oxygen atoms in total. The van der Waals surface area contributed by atoms with Gasteiger partial charge in [0.15, 0.2) is 0 Å². The summed E-state index contributed by atoms with van der Waals surface area (Å²) < 4.78 is 0. The number of nitriles is 1. The summed E-state index contributed by atoms with van der Waals surface area (Å²) in [5, 5.41) is 22.6. The maximum absolute atomic E-state index is 9.36. The predicted octanol–water partition coefficient (Wildman–Crippen LogP) is 2.68. The van der Waals surface area contributed by atoms with Crippen LogP contribution in [0.2, 0.25) is 0 Å². The summed E-state index contributed by atoms with van der Waals surface area (Å²) in [4.78, 5) is 4.49. The van der Waals surface area contributed by atoms with Crippen molar-refractivity contribution in [2.45, 2.75) is 32.4 Å². The first-order chi connectivity index (χ1) is 9.10. The van der Waals surface area contributed by atoms with Crippen molar-refractivity contribution < 1.29 is 5.11 Å². The van der Waals surface area contributed by atoms with Gasteiger partial charge in [-0.3, -0.25) is 0 Å². The molecule has 0 radical (unpaired) electrons. The fourth-order valence-electron chi connectivity index (χ4n) is 2.16. The Bertz CT molecular complexity index is 616. The Labute approximate surface area is 112 Å². The van der Waals surface area contributed by atoms with E-state index in [1.807, 2.05) is 31.2 Å². The van der Waals surface area contributed by atoms with Crippen molar-refractivity contribution in [1.82, 2.24) is 4.98 Å². The van der Waals surface area contributed by atoms with E-state index < -0.39 is 0 Å². The van der Waals surface area contributed by atoms with Crippen LogP contribution in [-0.2, 0) is 0 Å². The van der Waals surface area contributed by atoms with Gasteiger partial charge < -0.3 is 10.4 Å². The van der Waals surface area contributed by atoms with E-state index in [9.17, 15) is 10.4 Å². The number of hydrogen-bond donors (Lipinski definition) is 2. The van der Waals surface area contributed by atoms with Crippen LogP contribution in [0.3, 0.4) is 0 Å². The number of aliphatic hydroxyl groups is 1. The number of nitrogens with zero attached hydrogens (tertiary/aromatic N) is 2. The van der Waals surface area contributed by atoms with Gasteiger partial charge in [0.05, 0.1) is 23.3 Å². The molecule has 2 rings (SSSR count). The Morgan fingerprint density at radius 2 is 2.11 bits per heavy atom. The second kappa shape index (κ2) is 5.68. The number of para-hydroxylation sites is 1. The van der Waals surface area contributed by atoms with Gasteiger partial charge >= 0.3 is 0 Å². The molecule has 1 aromatic heterocycles. The maximum Gasteiger partial charge on any atom is 0.128 e. The Hall–Kier alpha value is -2.12. The van der Waals surface area contributed by atoms with Crippen molar-refractivity contribution in [2.24, 2.45) is 0 Å². The number of anilines is 1. The third-order valence-corrected chi connectivity index (χ3v) is 2.93. The number of aliphatic hydroxyl groups excluding tert-OH is 1. The van der Waals surface area contributed by atoms with Gasteiger partial charge in [-0.2, -0.15) is 5.26 Å². The van der Waals surface area contributed by atoms with Gasteiger partial charge in [0.25, 0.3) is 0 Å². The van der Waals surface area contributed by atoms with Crippen LogP contribution in [0.5, 0.6) is 0 Å². The summed E-state index contributed by atoms with van der Waals surface area (Å²) in [7, 11) is 0. The van der Waals surface area contributed by atoms with E-state index in [1.54, 1.807) is 13.0 Å². The molecule has 0 spiro atoms. The van der Waals surface area contributed by atoms with Crippen LogP contribution in [-0.4, -0.2) is 22.2 Å². The minimum absolute atomic E-state index is 0.0974. The lowest BCUT2D eigenvalue weighted by molar-refractivity contribution is 0.179. The van der Waals surface area contributed by atoms with Crippen molar-refractivity contribution in [3.8, 4) is 6.07 Å². The predicted molar refractivity (Wildman–Crippen MR) is 75.8 cm³/mol. The topological polar surface area (TPSA) is 68.9 Å². The molecule has 0 amide bonds. The van der Waals surface area contributed by atoms with E-state index in [0.717, 1.165) is 10.9 Å². The molecule has 0 aliphatic carbocycles. The van der Waals surface area contributed by atoms with Gasteiger partial charge in [-0.1, -0.05) is 18.2 Å². The molecule has 0 saturated heterocycles. The fraction of sp³-hybridized carbons (Fsp3) is 0.333. The van der Waals surface area contributed by atoms with E-state index in [1.165, 1.54) is 0 Å². The standard InChI is InChI=1S/C15H17N3O/c1-10(7-11(2)19)17-15-8-12(9-16)13-5-3-4-6-14(13)18-15/h3-6,8,10-11,19H,7H2,1-2H3,(H,17,18). The molecule has 4 heteroatoms. The monoisotopic (exact) mass is 255 g/mol. The quantitative estimate of drug-likeness (QED) is 0.881. The molecule has 1 heterocycles. The summed E-state index contributed by atoms with van der Waals surface area (Å²) in [6.45, 7) is 3.74. The van der Waals surface area contributed by atoms with Crippen molar-refractivity contribution in [1.29, 1.82) is 5.26 Å². The van der Waals surface area contributed by atoms with Gasteiger partial charge in [0.1, 0.15) is 5.82 Å². The van der Waals surface area contributed by atoms with Gasteiger partial charge in [-0.25, -0.2) is 4.98 Å². The molecule has 2 unspecified atom stereocenters. The average Bonchev–Trinajstić information content (AvgIpc) is 2.36. The molecule has 98 valence electrons. The molecule has 2 atom stereocenters. The average molecular weight is 255 g/mol. The van der Waals surface area contributed by atoms with Gasteiger partial charge in [-0.05, 0) is 32.4 Å². The highest BCUT2D eigenvalue weighted by atomic mass is 16.3. The lowest BCUT2D eigenvalue weighted by Crippen LogP contribution is -2.21. The smallest absolute Gasteiger partial charge is 0.128 e. The Morgan fingerprint density at radius 1 is 1.37 bits per heavy atom. The van der Waals surface area contributed by atoms with Gasteiger partial charge in [-0.15, -0.1) is 0 Å². The molecule has 2 N–H and O–H groups in total. The van der Waals surface area contributed by atoms with Crippen LogP contribution in [0.1, 0.15) is 25.8 Å². The first-order valence-corrected chi connectivity index (χ1v) is 6.34. The summed E-state index contributed by atoms with van der Waals surface area (Å²) in [5.74, 6) is 0.670. The first kappa shape index (κ1) is 13.3. The van der Waals surface area contributed by atoms with E-state index in [2.05, 4.69) is 16.4 Å². The molecule has 0 aliphatic rings. The highest BCUT2D eigenvalue weighted by Gasteiger charge is 2.09. The number of nitrogens with one attached hydrogen (secondary N) is 1. The number of aromatic nitrogens is 1. The van der Waals surface area contributed by atoms with Crippen molar-refractivity contribution in [2.75, 3.05) is 5.32 Å². The van der Waals surface area contributed by atoms with Crippen molar-refractivity contribution in [3.05, 3.63) is 35.9 Å². The normalized spacial score (nSPS) is 13.8. The molecule has 0 fully saturated rings. The van der Waals surface area contributed by atoms with Crippen LogP contribution in [0.25, 0.3) is 10.9 Å². The lowest BCUT2D eigenvalue weighted by Gasteiger charge is -2.16. The minimum atomic E-state index is -0.363. The van der Waals surface area contributed by atoms with Crippen LogP contribution < -0.4 is 5.32 Å². The van der Waals surface area contributed by atoms with Crippen molar-refractivity contribution in [3.63, 3.8) is 0 Å². The molecule has 19 heavy (non-hydrogen) atoms. The number of hydrogen-bond acceptors (Lipinski definition) is 4. The lowest BCUT2D eigenvalue weighted by atomic mass is 10.1. The zero-order valence-corrected chi connectivity index (χ0v) is 11.1. The molecule has 2 aromatic rings. The van der Waals surface area contributed by atoms with E-state index in [4.69, 9.17) is 0 Å². The van der Waals surface area contributed by atoms with Crippen LogP contribution in [0.4, 0.5) is 5.82 Å². The first-order valence-electron chi connectivity index (χ1n) is 6.34. The van der Waals surface area contributed by atoms with Gasteiger partial charge in [0.2, 0.25) is 0 Å². The Balaban J connectivity index is 2.32. The number of rotatable bonds is 4. The summed E-state index contributed by atoms with van der Waals surface area (Å²) in [6, 6.07) is 11.6. The molecule has 0 bridgehead atoms. The summed E-state index contributed by atoms with van der Waals surface area (Å²) in [6.07, 6.45) is 0.273. The molecular weight excluding hydrogens is 238 g/mol. The van der Waals surface area contributed by atoms with Crippen LogP contribution in [0.15, 0.2) is 30.3 Å². The molecule has 1 aromatic carbocycles. The number of fused-ring (bicyclic) bond motifs is 1. The zero-order valence-electron chi connectivity index (χ0n) is 11.1. The fourth-order valence-corrected chi connectivity index (χ4v) is 2.16. The van der Waals surface area contributed by atoms with Crippen LogP contribution in [0, 0.1) is 11.3 Å². The Kier molecular flexibility index (Phi) is 3.98. The number of benzene rings is 1. The second-order valence-corrected chi connectivity index (χ2v) is 4.81. The minimum Gasteiger partial charge on any atom is -0.393 e. The van der Waals surface area contributed by atoms with Crippen LogP contribution >= 0.6 is 0 Å². The van der Waals surface area contributed by atoms with E-state index >= 15 is 0 Å². The SMILES string of the molecule is CC(O)CC(C)Nc1cc(C#N)c2ccccc2n1. The number of pyridine rings is 1. The largest absolute Gasteiger partial charge is 0.393 e. The highest BCUT2D eigenvalue weighted by molar-refractivity contribution is 5.86. The van der Waals surface area contributed by atoms with E-state index in [-0.39, 0.29) is 12.1 Å². The Morgan fingerprint density at radius 3 is 2.79 bits per heavy atom. The third-order valence-electron chi connectivity index (χ3n) is 2.93. The van der Waals surface area contributed by atoms with Crippen molar-refractivity contribution >= 4 is 16.7 Å². The maximum atomic E-state index is 9.36. The molecule has 0 aliphatic heterocycles. The second-order valence-electron chi connectivity index (χ2n) is 4.81. The zero-order chi connectivity index (χ0) is 13.8. The summed E-state index contributed by atoms with van der Waals surface area (Å²) in [5.41, 5.74) is 1.41. The summed E-state index contributed by atoms with van der Waals surface area (Å²) >= 11 is 0. The molecule has 0 saturated carbocycles. The third kappa shape index (κ3) is 3.21. The van der Waals surface area contributed by atoms with E-state index in [0.29, 0.717) is 17.8 Å². The highest BCUT2D eigenvalue weighted by Crippen LogP contribution is 2.20.